The third-order valence-electron chi connectivity index (χ3n) is 3.59. The van der Waals surface area contributed by atoms with Gasteiger partial charge >= 0.3 is 11.7 Å². The Morgan fingerprint density at radius 1 is 1.21 bits per heavy atom. The normalized spacial score (nSPS) is 11.3. The van der Waals surface area contributed by atoms with Gasteiger partial charge in [0.1, 0.15) is 12.4 Å². The zero-order valence-electron chi connectivity index (χ0n) is 13.7. The molecule has 7 heteroatoms. The Hall–Kier alpha value is -2.96. The van der Waals surface area contributed by atoms with Crippen molar-refractivity contribution in [2.24, 2.45) is 0 Å². The van der Waals surface area contributed by atoms with Crippen LogP contribution < -0.4 is 11.4 Å². The highest BCUT2D eigenvalue weighted by Crippen LogP contribution is 2.23. The molecule has 24 heavy (non-hydrogen) atoms. The number of rotatable bonds is 4. The van der Waals surface area contributed by atoms with Crippen LogP contribution in [0.5, 0.6) is 0 Å². The van der Waals surface area contributed by atoms with Gasteiger partial charge in [-0.25, -0.2) is 4.79 Å². The quantitative estimate of drug-likeness (QED) is 0.820. The first-order chi connectivity index (χ1) is 11.1. The number of ketones is 1. The number of nitrogens with zero attached hydrogens (tertiary/aromatic N) is 2. The van der Waals surface area contributed by atoms with Crippen LogP contribution in [0.25, 0.3) is 0 Å². The van der Waals surface area contributed by atoms with Gasteiger partial charge in [0.05, 0.1) is 5.56 Å². The van der Waals surface area contributed by atoms with Crippen LogP contribution in [0.2, 0.25) is 0 Å². The van der Waals surface area contributed by atoms with Crippen molar-refractivity contribution in [3.63, 3.8) is 0 Å². The van der Waals surface area contributed by atoms with Gasteiger partial charge in [0.25, 0.3) is 0 Å². The number of anilines is 1. The van der Waals surface area contributed by atoms with Crippen LogP contribution in [0.3, 0.4) is 0 Å². The zero-order chi connectivity index (χ0) is 18.1. The average molecular weight is 329 g/mol. The molecule has 2 rings (SSSR count). The van der Waals surface area contributed by atoms with Crippen LogP contribution in [0.4, 0.5) is 5.82 Å². The summed E-state index contributed by atoms with van der Waals surface area (Å²) in [6.07, 6.45) is 1.14. The molecule has 7 nitrogen and oxygen atoms in total. The third kappa shape index (κ3) is 3.68. The van der Waals surface area contributed by atoms with E-state index in [1.54, 1.807) is 12.1 Å². The first-order valence-electron chi connectivity index (χ1n) is 7.33. The smallest absolute Gasteiger partial charge is 0.350 e. The number of nitrogen functional groups attached to an aromatic ring is 1. The highest BCUT2D eigenvalue weighted by molar-refractivity contribution is 6.11. The zero-order valence-corrected chi connectivity index (χ0v) is 13.7. The van der Waals surface area contributed by atoms with Crippen LogP contribution in [0.15, 0.2) is 35.3 Å². The molecule has 2 aromatic rings. The molecule has 0 fully saturated rings. The van der Waals surface area contributed by atoms with Gasteiger partial charge in [-0.3, -0.25) is 14.2 Å². The second-order valence-electron chi connectivity index (χ2n) is 6.50. The van der Waals surface area contributed by atoms with Gasteiger partial charge < -0.3 is 10.8 Å². The number of benzene rings is 1. The van der Waals surface area contributed by atoms with E-state index < -0.39 is 24.0 Å². The van der Waals surface area contributed by atoms with Gasteiger partial charge in [0, 0.05) is 11.8 Å². The van der Waals surface area contributed by atoms with E-state index in [1.165, 1.54) is 0 Å². The molecule has 0 aliphatic carbocycles. The van der Waals surface area contributed by atoms with Gasteiger partial charge in [0.2, 0.25) is 0 Å². The molecule has 1 aromatic carbocycles. The summed E-state index contributed by atoms with van der Waals surface area (Å²) in [6.45, 7) is 5.60. The fourth-order valence-electron chi connectivity index (χ4n) is 2.22. The van der Waals surface area contributed by atoms with Gasteiger partial charge in [-0.05, 0) is 11.0 Å². The van der Waals surface area contributed by atoms with Crippen molar-refractivity contribution in [3.8, 4) is 0 Å². The van der Waals surface area contributed by atoms with Crippen molar-refractivity contribution in [1.82, 2.24) is 9.55 Å². The second kappa shape index (κ2) is 6.27. The largest absolute Gasteiger partial charge is 0.480 e. The molecule has 0 amide bonds. The van der Waals surface area contributed by atoms with E-state index in [0.717, 1.165) is 16.3 Å². The van der Waals surface area contributed by atoms with Gasteiger partial charge in [-0.1, -0.05) is 45.0 Å². The summed E-state index contributed by atoms with van der Waals surface area (Å²) in [7, 11) is 0. The predicted molar refractivity (Wildman–Crippen MR) is 89.1 cm³/mol. The molecule has 0 bridgehead atoms. The number of carbonyl (C=O) groups is 2. The lowest BCUT2D eigenvalue weighted by molar-refractivity contribution is -0.137. The monoisotopic (exact) mass is 329 g/mol. The summed E-state index contributed by atoms with van der Waals surface area (Å²) in [5, 5.41) is 8.81. The first-order valence-corrected chi connectivity index (χ1v) is 7.33. The summed E-state index contributed by atoms with van der Waals surface area (Å²) < 4.78 is 0.843. The van der Waals surface area contributed by atoms with Crippen LogP contribution in [0, 0.1) is 0 Å². The molecule has 0 radical (unpaired) electrons. The number of hydrogen-bond donors (Lipinski definition) is 2. The number of aliphatic carboxylic acids is 1. The third-order valence-corrected chi connectivity index (χ3v) is 3.59. The number of hydrogen-bond acceptors (Lipinski definition) is 5. The van der Waals surface area contributed by atoms with Gasteiger partial charge in [-0.2, -0.15) is 4.98 Å². The molecule has 0 aliphatic heterocycles. The number of carboxylic acid groups (broad SMARTS) is 1. The van der Waals surface area contributed by atoms with Crippen LogP contribution in [-0.2, 0) is 16.8 Å². The van der Waals surface area contributed by atoms with Crippen molar-refractivity contribution in [2.45, 2.75) is 32.7 Å². The minimum atomic E-state index is -1.21. The Kier molecular flexibility index (Phi) is 4.54. The van der Waals surface area contributed by atoms with E-state index in [-0.39, 0.29) is 16.8 Å². The van der Waals surface area contributed by atoms with Crippen molar-refractivity contribution >= 4 is 17.6 Å². The van der Waals surface area contributed by atoms with Crippen molar-refractivity contribution < 1.29 is 14.7 Å². The van der Waals surface area contributed by atoms with Gasteiger partial charge in [-0.15, -0.1) is 0 Å². The van der Waals surface area contributed by atoms with E-state index in [9.17, 15) is 14.4 Å². The van der Waals surface area contributed by atoms with E-state index in [4.69, 9.17) is 10.8 Å². The lowest BCUT2D eigenvalue weighted by atomic mass is 9.86. The van der Waals surface area contributed by atoms with Crippen LogP contribution in [-0.4, -0.2) is 26.4 Å². The Morgan fingerprint density at radius 2 is 1.79 bits per heavy atom. The maximum atomic E-state index is 12.6. The maximum Gasteiger partial charge on any atom is 0.350 e. The molecular weight excluding hydrogens is 310 g/mol. The Morgan fingerprint density at radius 3 is 2.29 bits per heavy atom. The van der Waals surface area contributed by atoms with Crippen LogP contribution in [0.1, 0.15) is 42.3 Å². The highest BCUT2D eigenvalue weighted by Gasteiger charge is 2.18. The topological polar surface area (TPSA) is 115 Å². The number of carbonyl (C=O) groups excluding carboxylic acids is 1. The highest BCUT2D eigenvalue weighted by atomic mass is 16.4. The lowest BCUT2D eigenvalue weighted by Crippen LogP contribution is -2.28. The SMILES string of the molecule is CC(C)(C)c1ccc(C(=O)c2cn(CC(=O)O)c(=O)nc2N)cc1. The molecule has 0 atom stereocenters. The summed E-state index contributed by atoms with van der Waals surface area (Å²) in [6, 6.07) is 7.05. The second-order valence-corrected chi connectivity index (χ2v) is 6.50. The average Bonchev–Trinajstić information content (AvgIpc) is 2.48. The van der Waals surface area contributed by atoms with E-state index in [1.807, 2.05) is 12.1 Å². The maximum absolute atomic E-state index is 12.6. The molecule has 1 heterocycles. The fraction of sp³-hybridized carbons (Fsp3) is 0.294. The molecule has 3 N–H and O–H groups in total. The first kappa shape index (κ1) is 17.4. The number of carboxylic acids is 1. The van der Waals surface area contributed by atoms with E-state index >= 15 is 0 Å². The summed E-state index contributed by atoms with van der Waals surface area (Å²) >= 11 is 0. The molecular formula is C17H19N3O4. The molecule has 0 unspecified atom stereocenters. The fourth-order valence-corrected chi connectivity index (χ4v) is 2.22. The Labute approximate surface area is 138 Å². The molecule has 0 aliphatic rings. The van der Waals surface area contributed by atoms with Crippen molar-refractivity contribution in [3.05, 3.63) is 57.6 Å². The van der Waals surface area contributed by atoms with E-state index in [2.05, 4.69) is 25.8 Å². The Balaban J connectivity index is 2.42. The van der Waals surface area contributed by atoms with E-state index in [0.29, 0.717) is 5.56 Å². The van der Waals surface area contributed by atoms with Crippen molar-refractivity contribution in [1.29, 1.82) is 0 Å². The summed E-state index contributed by atoms with van der Waals surface area (Å²) in [5.41, 5.74) is 6.27. The lowest BCUT2D eigenvalue weighted by Gasteiger charge is -2.19. The Bertz CT molecular complexity index is 846. The molecule has 0 saturated heterocycles. The standard InChI is InChI=1S/C17H19N3O4/c1-17(2,3)11-6-4-10(5-7-11)14(23)12-8-20(9-13(21)22)16(24)19-15(12)18/h4-8H,9H2,1-3H3,(H,21,22)(H2,18,19,24). The predicted octanol–water partition coefficient (Wildman–Crippen LogP) is 1.44. The molecule has 0 saturated carbocycles. The van der Waals surface area contributed by atoms with Crippen molar-refractivity contribution in [2.75, 3.05) is 5.73 Å². The molecule has 126 valence electrons. The number of nitrogens with two attached hydrogens (primary N) is 1. The minimum Gasteiger partial charge on any atom is -0.480 e. The van der Waals surface area contributed by atoms with Crippen LogP contribution >= 0.6 is 0 Å². The molecule has 0 spiro atoms. The summed E-state index contributed by atoms with van der Waals surface area (Å²) in [5.74, 6) is -1.84. The molecule has 1 aromatic heterocycles. The number of aromatic nitrogens is 2. The van der Waals surface area contributed by atoms with Gasteiger partial charge in [0.15, 0.2) is 5.78 Å². The summed E-state index contributed by atoms with van der Waals surface area (Å²) in [4.78, 5) is 38.5. The minimum absolute atomic E-state index is 0.000594.